The van der Waals surface area contributed by atoms with Gasteiger partial charge in [-0.3, -0.25) is 0 Å². The fraction of sp³-hybridized carbons (Fsp3) is 0.500. The minimum absolute atomic E-state index is 0.0972. The molecule has 0 amide bonds. The summed E-state index contributed by atoms with van der Waals surface area (Å²) in [4.78, 5) is 24.3. The highest BCUT2D eigenvalue weighted by atomic mass is 16.6. The van der Waals surface area contributed by atoms with Crippen molar-refractivity contribution in [1.82, 2.24) is 0 Å². The monoisotopic (exact) mass is 333 g/mol. The van der Waals surface area contributed by atoms with Gasteiger partial charge in [0.1, 0.15) is 5.75 Å². The fourth-order valence-electron chi connectivity index (χ4n) is 2.50. The molecule has 0 spiro atoms. The predicted octanol–water partition coefficient (Wildman–Crippen LogP) is 2.99. The summed E-state index contributed by atoms with van der Waals surface area (Å²) in [5, 5.41) is 8.14. The highest BCUT2D eigenvalue weighted by molar-refractivity contribution is 6.06. The van der Waals surface area contributed by atoms with Crippen LogP contribution in [0.15, 0.2) is 24.3 Å². The average molecular weight is 333 g/mol. The van der Waals surface area contributed by atoms with Crippen molar-refractivity contribution in [3.8, 4) is 5.75 Å². The van der Waals surface area contributed by atoms with Gasteiger partial charge >= 0.3 is 11.9 Å². The first-order valence-electron chi connectivity index (χ1n) is 8.14. The van der Waals surface area contributed by atoms with Crippen molar-refractivity contribution in [2.24, 2.45) is 5.92 Å². The van der Waals surface area contributed by atoms with Crippen LogP contribution in [0.3, 0.4) is 0 Å². The van der Waals surface area contributed by atoms with Crippen LogP contribution >= 0.6 is 0 Å². The Morgan fingerprint density at radius 3 is 2.42 bits per heavy atom. The predicted molar refractivity (Wildman–Crippen MR) is 88.5 cm³/mol. The van der Waals surface area contributed by atoms with Crippen LogP contribution in [0.1, 0.15) is 43.0 Å². The number of methoxy groups -OCH3 is 1. The molecule has 0 heterocycles. The maximum absolute atomic E-state index is 12.3. The van der Waals surface area contributed by atoms with E-state index in [9.17, 15) is 9.59 Å². The highest BCUT2D eigenvalue weighted by Gasteiger charge is 2.32. The Morgan fingerprint density at radius 1 is 1.25 bits per heavy atom. The SMILES string of the molecule is CCOC(=O)C(OC(=O)c1ccc(OC)cc1)C(=N)CC1CCC1. The molecule has 0 aromatic heterocycles. The molecular formula is C18H23NO5. The summed E-state index contributed by atoms with van der Waals surface area (Å²) >= 11 is 0. The van der Waals surface area contributed by atoms with Crippen molar-refractivity contribution in [2.45, 2.75) is 38.7 Å². The van der Waals surface area contributed by atoms with Crippen LogP contribution in [0.4, 0.5) is 0 Å². The second-order valence-electron chi connectivity index (χ2n) is 5.79. The molecule has 1 aliphatic carbocycles. The lowest BCUT2D eigenvalue weighted by Gasteiger charge is -2.27. The Morgan fingerprint density at radius 2 is 1.92 bits per heavy atom. The quantitative estimate of drug-likeness (QED) is 0.584. The zero-order chi connectivity index (χ0) is 17.5. The van der Waals surface area contributed by atoms with Gasteiger partial charge in [0, 0.05) is 0 Å². The van der Waals surface area contributed by atoms with E-state index in [1.165, 1.54) is 7.11 Å². The number of nitrogens with one attached hydrogen (secondary N) is 1. The van der Waals surface area contributed by atoms with E-state index < -0.39 is 18.0 Å². The van der Waals surface area contributed by atoms with Crippen LogP contribution in [-0.2, 0) is 14.3 Å². The molecule has 1 aromatic carbocycles. The first-order valence-corrected chi connectivity index (χ1v) is 8.14. The van der Waals surface area contributed by atoms with Gasteiger partial charge in [-0.25, -0.2) is 9.59 Å². The summed E-state index contributed by atoms with van der Waals surface area (Å²) in [7, 11) is 1.53. The topological polar surface area (TPSA) is 85.7 Å². The zero-order valence-electron chi connectivity index (χ0n) is 14.0. The molecule has 1 aliphatic rings. The van der Waals surface area contributed by atoms with Crippen LogP contribution in [0, 0.1) is 11.3 Å². The van der Waals surface area contributed by atoms with Gasteiger partial charge in [0.2, 0.25) is 6.10 Å². The molecule has 0 radical (unpaired) electrons. The Kier molecular flexibility index (Phi) is 6.35. The smallest absolute Gasteiger partial charge is 0.353 e. The molecule has 1 saturated carbocycles. The third kappa shape index (κ3) is 4.57. The van der Waals surface area contributed by atoms with Crippen molar-refractivity contribution in [3.05, 3.63) is 29.8 Å². The lowest BCUT2D eigenvalue weighted by molar-refractivity contribution is -0.149. The summed E-state index contributed by atoms with van der Waals surface area (Å²) in [6.07, 6.45) is 2.42. The number of benzene rings is 1. The molecule has 0 aliphatic heterocycles. The molecular weight excluding hydrogens is 310 g/mol. The van der Waals surface area contributed by atoms with Gasteiger partial charge < -0.3 is 19.6 Å². The number of carbonyl (C=O) groups excluding carboxylic acids is 2. The molecule has 1 aromatic rings. The average Bonchev–Trinajstić information content (AvgIpc) is 2.55. The number of hydrogen-bond donors (Lipinski definition) is 1. The molecule has 6 heteroatoms. The number of carbonyl (C=O) groups is 2. The van der Waals surface area contributed by atoms with Gasteiger partial charge in [-0.1, -0.05) is 19.3 Å². The molecule has 24 heavy (non-hydrogen) atoms. The molecule has 0 saturated heterocycles. The standard InChI is InChI=1S/C18H23NO5/c1-3-23-18(21)16(15(19)11-12-5-4-6-12)24-17(20)13-7-9-14(22-2)10-8-13/h7-10,12,16,19H,3-6,11H2,1-2H3. The fourth-order valence-corrected chi connectivity index (χ4v) is 2.50. The van der Waals surface area contributed by atoms with Gasteiger partial charge in [0.25, 0.3) is 0 Å². The summed E-state index contributed by atoms with van der Waals surface area (Å²) < 4.78 is 15.3. The lowest BCUT2D eigenvalue weighted by Crippen LogP contribution is -2.37. The van der Waals surface area contributed by atoms with Crippen LogP contribution < -0.4 is 4.74 Å². The molecule has 1 unspecified atom stereocenters. The Labute approximate surface area is 141 Å². The van der Waals surface area contributed by atoms with E-state index in [0.29, 0.717) is 23.7 Å². The maximum atomic E-state index is 12.3. The van der Waals surface area contributed by atoms with Crippen molar-refractivity contribution in [2.75, 3.05) is 13.7 Å². The molecule has 1 N–H and O–H groups in total. The van der Waals surface area contributed by atoms with Crippen LogP contribution in [0.25, 0.3) is 0 Å². The van der Waals surface area contributed by atoms with Crippen LogP contribution in [-0.4, -0.2) is 37.5 Å². The molecule has 0 bridgehead atoms. The van der Waals surface area contributed by atoms with E-state index in [4.69, 9.17) is 19.6 Å². The molecule has 6 nitrogen and oxygen atoms in total. The summed E-state index contributed by atoms with van der Waals surface area (Å²) in [6.45, 7) is 1.85. The number of rotatable bonds is 8. The maximum Gasteiger partial charge on any atom is 0.353 e. The van der Waals surface area contributed by atoms with E-state index in [1.54, 1.807) is 31.2 Å². The molecule has 2 rings (SSSR count). The Hall–Kier alpha value is -2.37. The summed E-state index contributed by atoms with van der Waals surface area (Å²) in [6, 6.07) is 6.38. The largest absolute Gasteiger partial charge is 0.497 e. The number of ether oxygens (including phenoxy) is 3. The lowest BCUT2D eigenvalue weighted by atomic mass is 9.81. The van der Waals surface area contributed by atoms with Gasteiger partial charge in [-0.05, 0) is 43.5 Å². The third-order valence-corrected chi connectivity index (χ3v) is 4.10. The van der Waals surface area contributed by atoms with E-state index in [0.717, 1.165) is 19.3 Å². The Balaban J connectivity index is 2.05. The van der Waals surface area contributed by atoms with Crippen LogP contribution in [0.2, 0.25) is 0 Å². The van der Waals surface area contributed by atoms with Crippen LogP contribution in [0.5, 0.6) is 5.75 Å². The normalized spacial score (nSPS) is 15.1. The number of esters is 2. The molecule has 1 fully saturated rings. The summed E-state index contributed by atoms with van der Waals surface area (Å²) in [5.74, 6) is -0.335. The van der Waals surface area contributed by atoms with Crippen molar-refractivity contribution in [1.29, 1.82) is 5.41 Å². The van der Waals surface area contributed by atoms with E-state index in [-0.39, 0.29) is 12.3 Å². The zero-order valence-corrected chi connectivity index (χ0v) is 14.0. The second-order valence-corrected chi connectivity index (χ2v) is 5.79. The third-order valence-electron chi connectivity index (χ3n) is 4.10. The Bertz CT molecular complexity index is 592. The first kappa shape index (κ1) is 18.0. The van der Waals surface area contributed by atoms with Crippen molar-refractivity contribution < 1.29 is 23.8 Å². The minimum atomic E-state index is -1.28. The minimum Gasteiger partial charge on any atom is -0.497 e. The van der Waals surface area contributed by atoms with Gasteiger partial charge in [0.15, 0.2) is 0 Å². The van der Waals surface area contributed by atoms with E-state index >= 15 is 0 Å². The highest BCUT2D eigenvalue weighted by Crippen LogP contribution is 2.30. The van der Waals surface area contributed by atoms with E-state index in [2.05, 4.69) is 0 Å². The first-order chi connectivity index (χ1) is 11.5. The van der Waals surface area contributed by atoms with Crippen molar-refractivity contribution >= 4 is 17.7 Å². The molecule has 1 atom stereocenters. The van der Waals surface area contributed by atoms with Gasteiger partial charge in [0.05, 0.1) is 25.0 Å². The summed E-state index contributed by atoms with van der Waals surface area (Å²) in [5.41, 5.74) is 0.390. The number of hydrogen-bond acceptors (Lipinski definition) is 6. The second kappa shape index (κ2) is 8.47. The van der Waals surface area contributed by atoms with Gasteiger partial charge in [-0.15, -0.1) is 0 Å². The molecule has 130 valence electrons. The van der Waals surface area contributed by atoms with E-state index in [1.807, 2.05) is 0 Å². The van der Waals surface area contributed by atoms with Gasteiger partial charge in [-0.2, -0.15) is 0 Å². The van der Waals surface area contributed by atoms with Crippen molar-refractivity contribution in [3.63, 3.8) is 0 Å².